The Morgan fingerprint density at radius 1 is 1.28 bits per heavy atom. The Morgan fingerprint density at radius 2 is 1.92 bits per heavy atom. The normalized spacial score (nSPS) is 12.4. The van der Waals surface area contributed by atoms with Crippen molar-refractivity contribution in [3.8, 4) is 5.88 Å². The minimum absolute atomic E-state index is 0.345. The van der Waals surface area contributed by atoms with Crippen molar-refractivity contribution in [2.24, 2.45) is 4.99 Å². The van der Waals surface area contributed by atoms with Crippen LogP contribution in [-0.4, -0.2) is 29.8 Å². The molecule has 2 rings (SSSR count). The molecule has 134 valence electrons. The third kappa shape index (κ3) is 5.22. The van der Waals surface area contributed by atoms with Crippen molar-refractivity contribution in [3.05, 3.63) is 51.6 Å². The fraction of sp³-hybridized carbons (Fsp3) is 0.333. The molecule has 0 aliphatic carbocycles. The highest BCUT2D eigenvalue weighted by molar-refractivity contribution is 9.10. The fourth-order valence-electron chi connectivity index (χ4n) is 2.05. The molecule has 0 saturated heterocycles. The molecule has 0 aliphatic heterocycles. The van der Waals surface area contributed by atoms with Gasteiger partial charge in [0.1, 0.15) is 17.7 Å². The van der Waals surface area contributed by atoms with Crippen LogP contribution in [0, 0.1) is 18.6 Å². The number of aryl methyl sites for hydroxylation is 1. The van der Waals surface area contributed by atoms with E-state index in [1.54, 1.807) is 19.3 Å². The van der Waals surface area contributed by atoms with Gasteiger partial charge in [0.2, 0.25) is 5.88 Å². The first-order chi connectivity index (χ1) is 11.8. The number of rotatable bonds is 6. The van der Waals surface area contributed by atoms with Gasteiger partial charge in [0, 0.05) is 19.7 Å². The van der Waals surface area contributed by atoms with Gasteiger partial charge in [-0.3, -0.25) is 0 Å². The Labute approximate surface area is 154 Å². The Kier molecular flexibility index (Phi) is 6.47. The van der Waals surface area contributed by atoms with Gasteiger partial charge in [-0.05, 0) is 60.5 Å². The highest BCUT2D eigenvalue weighted by Crippen LogP contribution is 2.32. The van der Waals surface area contributed by atoms with Gasteiger partial charge in [0.25, 0.3) is 0 Å². The SMILES string of the molecule is CCN(C)/C=N\c1cc(Br)c(OC(C)c2cc(F)cc(F)c2)nc1C. The minimum Gasteiger partial charge on any atom is -0.469 e. The topological polar surface area (TPSA) is 37.7 Å². The Morgan fingerprint density at radius 3 is 2.52 bits per heavy atom. The average molecular weight is 412 g/mol. The largest absolute Gasteiger partial charge is 0.469 e. The third-order valence-corrected chi connectivity index (χ3v) is 4.21. The summed E-state index contributed by atoms with van der Waals surface area (Å²) >= 11 is 3.41. The number of benzene rings is 1. The molecule has 2 aromatic rings. The molecule has 0 radical (unpaired) electrons. The van der Waals surface area contributed by atoms with Crippen molar-refractivity contribution in [1.82, 2.24) is 9.88 Å². The van der Waals surface area contributed by atoms with Crippen LogP contribution in [0.2, 0.25) is 0 Å². The van der Waals surface area contributed by atoms with Crippen LogP contribution in [0.3, 0.4) is 0 Å². The van der Waals surface area contributed by atoms with E-state index in [0.29, 0.717) is 27.3 Å². The van der Waals surface area contributed by atoms with Crippen molar-refractivity contribution in [2.75, 3.05) is 13.6 Å². The standard InChI is InChI=1S/C18H20BrF2N3O/c1-5-24(4)10-22-17-9-16(19)18(23-11(17)2)25-12(3)13-6-14(20)8-15(21)7-13/h6-10,12H,5H2,1-4H3/b22-10-. The van der Waals surface area contributed by atoms with Gasteiger partial charge in [-0.25, -0.2) is 18.8 Å². The Hall–Kier alpha value is -2.02. The summed E-state index contributed by atoms with van der Waals surface area (Å²) in [6.07, 6.45) is 1.17. The van der Waals surface area contributed by atoms with Gasteiger partial charge in [-0.2, -0.15) is 0 Å². The average Bonchev–Trinajstić information content (AvgIpc) is 2.55. The molecule has 1 heterocycles. The number of aromatic nitrogens is 1. The van der Waals surface area contributed by atoms with E-state index in [-0.39, 0.29) is 0 Å². The van der Waals surface area contributed by atoms with Gasteiger partial charge < -0.3 is 9.64 Å². The third-order valence-electron chi connectivity index (χ3n) is 3.64. The lowest BCUT2D eigenvalue weighted by molar-refractivity contribution is 0.214. The Bertz CT molecular complexity index is 763. The van der Waals surface area contributed by atoms with E-state index >= 15 is 0 Å². The molecule has 1 aromatic heterocycles. The number of hydrogen-bond acceptors (Lipinski definition) is 3. The molecule has 4 nitrogen and oxygen atoms in total. The summed E-state index contributed by atoms with van der Waals surface area (Å²) in [6, 6.07) is 5.12. The van der Waals surface area contributed by atoms with Gasteiger partial charge in [-0.15, -0.1) is 0 Å². The van der Waals surface area contributed by atoms with Crippen LogP contribution in [0.5, 0.6) is 5.88 Å². The second kappa shape index (κ2) is 8.38. The first-order valence-corrected chi connectivity index (χ1v) is 8.63. The van der Waals surface area contributed by atoms with Crippen molar-refractivity contribution in [2.45, 2.75) is 26.9 Å². The maximum absolute atomic E-state index is 13.4. The first-order valence-electron chi connectivity index (χ1n) is 7.84. The zero-order valence-corrected chi connectivity index (χ0v) is 16.1. The fourth-order valence-corrected chi connectivity index (χ4v) is 2.45. The van der Waals surface area contributed by atoms with E-state index in [1.807, 2.05) is 25.8 Å². The zero-order chi connectivity index (χ0) is 18.6. The second-order valence-corrected chi connectivity index (χ2v) is 6.51. The minimum atomic E-state index is -0.640. The molecular formula is C18H20BrF2N3O. The summed E-state index contributed by atoms with van der Waals surface area (Å²) in [4.78, 5) is 10.7. The number of pyridine rings is 1. The lowest BCUT2D eigenvalue weighted by atomic mass is 10.1. The van der Waals surface area contributed by atoms with Crippen molar-refractivity contribution in [1.29, 1.82) is 0 Å². The molecule has 0 amide bonds. The highest BCUT2D eigenvalue weighted by atomic mass is 79.9. The van der Waals surface area contributed by atoms with Crippen LogP contribution in [0.1, 0.15) is 31.2 Å². The smallest absolute Gasteiger partial charge is 0.228 e. The molecule has 7 heteroatoms. The molecule has 0 N–H and O–H groups in total. The van der Waals surface area contributed by atoms with E-state index in [0.717, 1.165) is 12.6 Å². The van der Waals surface area contributed by atoms with E-state index in [4.69, 9.17) is 4.74 Å². The van der Waals surface area contributed by atoms with Crippen LogP contribution < -0.4 is 4.74 Å². The Balaban J connectivity index is 2.22. The number of ether oxygens (including phenoxy) is 1. The first kappa shape index (κ1) is 19.3. The lowest BCUT2D eigenvalue weighted by Gasteiger charge is -2.16. The van der Waals surface area contributed by atoms with Crippen molar-refractivity contribution in [3.63, 3.8) is 0 Å². The van der Waals surface area contributed by atoms with Gasteiger partial charge in [-0.1, -0.05) is 0 Å². The van der Waals surface area contributed by atoms with E-state index < -0.39 is 17.7 Å². The predicted molar refractivity (Wildman–Crippen MR) is 98.5 cm³/mol. The number of hydrogen-bond donors (Lipinski definition) is 0. The van der Waals surface area contributed by atoms with Gasteiger partial charge in [0.15, 0.2) is 0 Å². The predicted octanol–water partition coefficient (Wildman–Crippen LogP) is 5.18. The number of halogens is 3. The highest BCUT2D eigenvalue weighted by Gasteiger charge is 2.15. The maximum Gasteiger partial charge on any atom is 0.228 e. The summed E-state index contributed by atoms with van der Waals surface area (Å²) in [5.74, 6) is -0.936. The molecular weight excluding hydrogens is 392 g/mol. The summed E-state index contributed by atoms with van der Waals surface area (Å²) < 4.78 is 33.1. The van der Waals surface area contributed by atoms with Crippen molar-refractivity contribution < 1.29 is 13.5 Å². The molecule has 1 unspecified atom stereocenters. The molecule has 25 heavy (non-hydrogen) atoms. The lowest BCUT2D eigenvalue weighted by Crippen LogP contribution is -2.14. The van der Waals surface area contributed by atoms with E-state index in [1.165, 1.54) is 12.1 Å². The zero-order valence-electron chi connectivity index (χ0n) is 14.6. The van der Waals surface area contributed by atoms with Gasteiger partial charge >= 0.3 is 0 Å². The van der Waals surface area contributed by atoms with Crippen molar-refractivity contribution >= 4 is 28.0 Å². The number of nitrogens with zero attached hydrogens (tertiary/aromatic N) is 3. The van der Waals surface area contributed by atoms with Crippen LogP contribution in [0.4, 0.5) is 14.5 Å². The van der Waals surface area contributed by atoms with Crippen LogP contribution in [-0.2, 0) is 0 Å². The molecule has 1 aromatic carbocycles. The monoisotopic (exact) mass is 411 g/mol. The van der Waals surface area contributed by atoms with Crippen LogP contribution in [0.25, 0.3) is 0 Å². The van der Waals surface area contributed by atoms with Gasteiger partial charge in [0.05, 0.1) is 22.2 Å². The summed E-state index contributed by atoms with van der Waals surface area (Å²) in [7, 11) is 1.93. The van der Waals surface area contributed by atoms with E-state index in [2.05, 4.69) is 25.9 Å². The second-order valence-electron chi connectivity index (χ2n) is 5.66. The maximum atomic E-state index is 13.4. The summed E-state index contributed by atoms with van der Waals surface area (Å²) in [6.45, 7) is 6.41. The summed E-state index contributed by atoms with van der Waals surface area (Å²) in [5.41, 5.74) is 1.80. The quantitative estimate of drug-likeness (QED) is 0.485. The van der Waals surface area contributed by atoms with Crippen LogP contribution in [0.15, 0.2) is 33.7 Å². The number of aliphatic imine (C=N–C) groups is 1. The molecule has 0 saturated carbocycles. The molecule has 0 aliphatic rings. The molecule has 0 bridgehead atoms. The molecule has 1 atom stereocenters. The molecule has 0 fully saturated rings. The van der Waals surface area contributed by atoms with Crippen LogP contribution >= 0.6 is 15.9 Å². The van der Waals surface area contributed by atoms with E-state index in [9.17, 15) is 8.78 Å². The molecule has 0 spiro atoms. The summed E-state index contributed by atoms with van der Waals surface area (Å²) in [5, 5.41) is 0.